The molecule has 1 aliphatic carbocycles. The number of carbonyl (C=O) groups excluding carboxylic acids is 2. The Hall–Kier alpha value is -2.07. The third-order valence-corrected chi connectivity index (χ3v) is 6.30. The maximum absolute atomic E-state index is 12.7. The Morgan fingerprint density at radius 2 is 2.24 bits per heavy atom. The Balaban J connectivity index is 1.91. The normalized spacial score (nSPS) is 16.5. The lowest BCUT2D eigenvalue weighted by Gasteiger charge is -2.18. The van der Waals surface area contributed by atoms with E-state index in [2.05, 4.69) is 22.5 Å². The highest BCUT2D eigenvalue weighted by Gasteiger charge is 2.26. The highest BCUT2D eigenvalue weighted by molar-refractivity contribution is 7.99. The molecule has 0 bridgehead atoms. The van der Waals surface area contributed by atoms with Gasteiger partial charge in [0.25, 0.3) is 5.56 Å². The highest BCUT2D eigenvalue weighted by atomic mass is 32.2. The van der Waals surface area contributed by atoms with Crippen molar-refractivity contribution < 1.29 is 9.59 Å². The number of fused-ring (bicyclic) bond motifs is 3. The van der Waals surface area contributed by atoms with Gasteiger partial charge < -0.3 is 11.2 Å². The van der Waals surface area contributed by atoms with Crippen LogP contribution in [-0.2, 0) is 11.2 Å². The number of rotatable bonds is 3. The Morgan fingerprint density at radius 1 is 1.48 bits per heavy atom. The monoisotopic (exact) mass is 381 g/mol. The van der Waals surface area contributed by atoms with Crippen LogP contribution in [0.1, 0.15) is 36.1 Å². The third-order valence-electron chi connectivity index (χ3n) is 4.19. The van der Waals surface area contributed by atoms with Gasteiger partial charge in [0, 0.05) is 11.9 Å². The summed E-state index contributed by atoms with van der Waals surface area (Å²) in [6.07, 6.45) is 3.12. The van der Waals surface area contributed by atoms with Crippen LogP contribution in [0.2, 0.25) is 0 Å². The quantitative estimate of drug-likeness (QED) is 0.417. The highest BCUT2D eigenvalue weighted by Crippen LogP contribution is 2.40. The van der Waals surface area contributed by atoms with Gasteiger partial charge in [-0.05, 0) is 30.7 Å². The summed E-state index contributed by atoms with van der Waals surface area (Å²) in [5.74, 6) is 5.68. The number of amides is 3. The van der Waals surface area contributed by atoms with Gasteiger partial charge in [0.1, 0.15) is 4.83 Å². The molecule has 2 aromatic rings. The van der Waals surface area contributed by atoms with Gasteiger partial charge in [0.2, 0.25) is 5.91 Å². The van der Waals surface area contributed by atoms with E-state index in [9.17, 15) is 14.4 Å². The summed E-state index contributed by atoms with van der Waals surface area (Å²) >= 11 is 2.56. The first kappa shape index (κ1) is 17.7. The topological polar surface area (TPSA) is 119 Å². The maximum atomic E-state index is 12.7. The number of nitrogens with zero attached hydrogens (tertiary/aromatic N) is 2. The van der Waals surface area contributed by atoms with E-state index >= 15 is 0 Å². The summed E-state index contributed by atoms with van der Waals surface area (Å²) in [5, 5.41) is 5.32. The lowest BCUT2D eigenvalue weighted by molar-refractivity contribution is -0.117. The Bertz CT molecular complexity index is 905. The number of hydrogen-bond acceptors (Lipinski definition) is 7. The first-order valence-corrected chi connectivity index (χ1v) is 9.70. The lowest BCUT2D eigenvalue weighted by atomic mass is 9.88. The second-order valence-corrected chi connectivity index (χ2v) is 7.92. The molecule has 0 spiro atoms. The molecule has 8 nitrogen and oxygen atoms in total. The number of carbonyl (C=O) groups is 2. The van der Waals surface area contributed by atoms with E-state index in [4.69, 9.17) is 5.84 Å². The molecule has 134 valence electrons. The molecule has 0 unspecified atom stereocenters. The number of aryl methyl sites for hydroxylation is 1. The first-order valence-electron chi connectivity index (χ1n) is 7.90. The van der Waals surface area contributed by atoms with Crippen LogP contribution >= 0.6 is 23.1 Å². The van der Waals surface area contributed by atoms with Crippen LogP contribution in [0.5, 0.6) is 0 Å². The van der Waals surface area contributed by atoms with Crippen LogP contribution in [0.3, 0.4) is 0 Å². The van der Waals surface area contributed by atoms with Gasteiger partial charge in [-0.2, -0.15) is 0 Å². The van der Waals surface area contributed by atoms with E-state index < -0.39 is 11.9 Å². The van der Waals surface area contributed by atoms with Crippen molar-refractivity contribution in [2.24, 2.45) is 0 Å². The summed E-state index contributed by atoms with van der Waals surface area (Å²) in [5.41, 5.74) is 0.794. The number of thiophene rings is 1. The van der Waals surface area contributed by atoms with Gasteiger partial charge in [0.15, 0.2) is 5.16 Å². The molecule has 0 saturated heterocycles. The van der Waals surface area contributed by atoms with Gasteiger partial charge in [0.05, 0.1) is 11.1 Å². The van der Waals surface area contributed by atoms with Crippen molar-refractivity contribution in [3.8, 4) is 0 Å². The van der Waals surface area contributed by atoms with Crippen molar-refractivity contribution in [3.63, 3.8) is 0 Å². The molecule has 0 aromatic carbocycles. The lowest BCUT2D eigenvalue weighted by Crippen LogP contribution is -2.38. The fraction of sp³-hybridized carbons (Fsp3) is 0.467. The number of nitrogens with one attached hydrogen (secondary N) is 2. The predicted octanol–water partition coefficient (Wildman–Crippen LogP) is 1.16. The Morgan fingerprint density at radius 3 is 2.96 bits per heavy atom. The molecule has 0 saturated carbocycles. The molecule has 3 amide bonds. The molecule has 2 heterocycles. The van der Waals surface area contributed by atoms with E-state index in [0.717, 1.165) is 41.3 Å². The van der Waals surface area contributed by atoms with E-state index in [1.54, 1.807) is 0 Å². The first-order chi connectivity index (χ1) is 11.9. The molecule has 3 rings (SSSR count). The van der Waals surface area contributed by atoms with E-state index in [1.165, 1.54) is 23.3 Å². The van der Waals surface area contributed by atoms with Gasteiger partial charge in [-0.15, -0.1) is 11.3 Å². The second-order valence-electron chi connectivity index (χ2n) is 5.90. The van der Waals surface area contributed by atoms with E-state index in [0.29, 0.717) is 16.1 Å². The third kappa shape index (κ3) is 3.36. The van der Waals surface area contributed by atoms with Gasteiger partial charge in [-0.25, -0.2) is 14.5 Å². The molecular formula is C15H19N5O3S2. The minimum absolute atomic E-state index is 0.0654. The van der Waals surface area contributed by atoms with E-state index in [-0.39, 0.29) is 16.5 Å². The Labute approximate surface area is 152 Å². The molecule has 1 aliphatic rings. The van der Waals surface area contributed by atoms with Crippen molar-refractivity contribution >= 4 is 45.3 Å². The van der Waals surface area contributed by atoms with Crippen LogP contribution in [0.15, 0.2) is 9.95 Å². The molecule has 10 heteroatoms. The summed E-state index contributed by atoms with van der Waals surface area (Å²) in [6, 6.07) is -0.584. The number of imide groups is 1. The predicted molar refractivity (Wildman–Crippen MR) is 98.7 cm³/mol. The average Bonchev–Trinajstić information content (AvgIpc) is 2.96. The molecule has 0 aliphatic heterocycles. The summed E-state index contributed by atoms with van der Waals surface area (Å²) in [6.45, 7) is 2.12. The second kappa shape index (κ2) is 7.04. The zero-order valence-electron chi connectivity index (χ0n) is 13.9. The number of nitrogen functional groups attached to an aromatic ring is 1. The summed E-state index contributed by atoms with van der Waals surface area (Å²) < 4.78 is 0.995. The minimum atomic E-state index is -0.584. The number of aromatic nitrogens is 2. The fourth-order valence-corrected chi connectivity index (χ4v) is 5.08. The van der Waals surface area contributed by atoms with Crippen LogP contribution in [0.25, 0.3) is 10.2 Å². The van der Waals surface area contributed by atoms with Gasteiger partial charge >= 0.3 is 6.03 Å². The van der Waals surface area contributed by atoms with Crippen LogP contribution in [0, 0.1) is 0 Å². The number of hydrogen-bond donors (Lipinski definition) is 3. The molecule has 4 N–H and O–H groups in total. The summed E-state index contributed by atoms with van der Waals surface area (Å²) in [4.78, 5) is 41.9. The van der Waals surface area contributed by atoms with Crippen molar-refractivity contribution in [1.29, 1.82) is 0 Å². The van der Waals surface area contributed by atoms with Gasteiger partial charge in [-0.3, -0.25) is 14.9 Å². The van der Waals surface area contributed by atoms with Crippen molar-refractivity contribution in [2.75, 3.05) is 18.6 Å². The zero-order chi connectivity index (χ0) is 18.1. The number of nitrogens with two attached hydrogens (primary N) is 1. The standard InChI is InChI=1S/C15H19N5O3S2/c1-7-4-3-5-8-10(7)11-12(25-8)19-15(20(16)13(11)22)24-6-9(21)18-14(23)17-2/h7H,3-6,16H2,1-2H3,(H2,17,18,21,23)/t7-/m0/s1. The molecule has 25 heavy (non-hydrogen) atoms. The van der Waals surface area contributed by atoms with E-state index in [1.807, 2.05) is 0 Å². The zero-order valence-corrected chi connectivity index (χ0v) is 15.6. The fourth-order valence-electron chi connectivity index (χ4n) is 2.99. The number of urea groups is 1. The molecule has 0 fully saturated rings. The van der Waals surface area contributed by atoms with Crippen LogP contribution in [-0.4, -0.2) is 34.4 Å². The smallest absolute Gasteiger partial charge is 0.321 e. The molecule has 2 aromatic heterocycles. The van der Waals surface area contributed by atoms with Crippen molar-refractivity contribution in [3.05, 3.63) is 20.8 Å². The largest absolute Gasteiger partial charge is 0.341 e. The SMILES string of the molecule is CNC(=O)NC(=O)CSc1nc2sc3c(c2c(=O)n1N)[C@@H](C)CCC3. The van der Waals surface area contributed by atoms with Crippen LogP contribution < -0.4 is 22.0 Å². The average molecular weight is 381 g/mol. The maximum Gasteiger partial charge on any atom is 0.321 e. The number of thioether (sulfide) groups is 1. The minimum Gasteiger partial charge on any atom is -0.341 e. The van der Waals surface area contributed by atoms with Crippen molar-refractivity contribution in [1.82, 2.24) is 20.3 Å². The van der Waals surface area contributed by atoms with Crippen molar-refractivity contribution in [2.45, 2.75) is 37.3 Å². The molecular weight excluding hydrogens is 362 g/mol. The Kier molecular flexibility index (Phi) is 5.00. The molecule has 0 radical (unpaired) electrons. The summed E-state index contributed by atoms with van der Waals surface area (Å²) in [7, 11) is 1.42. The molecule has 1 atom stereocenters. The van der Waals surface area contributed by atoms with Gasteiger partial charge in [-0.1, -0.05) is 18.7 Å². The van der Waals surface area contributed by atoms with Crippen LogP contribution in [0.4, 0.5) is 4.79 Å².